The van der Waals surface area contributed by atoms with E-state index in [0.29, 0.717) is 5.56 Å². The van der Waals surface area contributed by atoms with Gasteiger partial charge in [0.15, 0.2) is 5.76 Å². The van der Waals surface area contributed by atoms with Gasteiger partial charge in [0.25, 0.3) is 5.91 Å². The number of rotatable bonds is 7. The molecule has 0 saturated heterocycles. The van der Waals surface area contributed by atoms with Gasteiger partial charge in [0, 0.05) is 31.5 Å². The number of hydrogen-bond donors (Lipinski definition) is 1. The molecule has 0 aliphatic heterocycles. The maximum atomic E-state index is 14.2. The lowest BCUT2D eigenvalue weighted by Crippen LogP contribution is -2.46. The minimum absolute atomic E-state index is 0.0640. The molecule has 1 aliphatic carbocycles. The van der Waals surface area contributed by atoms with Gasteiger partial charge in [0.2, 0.25) is 5.91 Å². The number of carbonyl (C=O) groups excluding carboxylic acids is 2. The lowest BCUT2D eigenvalue weighted by molar-refractivity contribution is -0.123. The van der Waals surface area contributed by atoms with Crippen LogP contribution in [0.15, 0.2) is 71.3 Å². The van der Waals surface area contributed by atoms with E-state index < -0.39 is 17.8 Å². The fourth-order valence-corrected chi connectivity index (χ4v) is 4.25. The molecule has 2 aromatic carbocycles. The third-order valence-electron chi connectivity index (χ3n) is 5.97. The van der Waals surface area contributed by atoms with Crippen LogP contribution in [0.2, 0.25) is 0 Å². The average Bonchev–Trinajstić information content (AvgIpc) is 3.51. The minimum atomic E-state index is -0.999. The number of benzene rings is 2. The second-order valence-corrected chi connectivity index (χ2v) is 8.51. The summed E-state index contributed by atoms with van der Waals surface area (Å²) in [7, 11) is 3.86. The number of nitrogens with one attached hydrogen (secondary N) is 1. The molecule has 7 heteroatoms. The zero-order valence-corrected chi connectivity index (χ0v) is 18.8. The van der Waals surface area contributed by atoms with Crippen LogP contribution in [0.4, 0.5) is 15.8 Å². The molecule has 0 bridgehead atoms. The Kier molecular flexibility index (Phi) is 6.77. The van der Waals surface area contributed by atoms with Crippen molar-refractivity contribution in [1.82, 2.24) is 5.32 Å². The Hall–Kier alpha value is -3.61. The van der Waals surface area contributed by atoms with E-state index in [0.717, 1.165) is 31.4 Å². The summed E-state index contributed by atoms with van der Waals surface area (Å²) >= 11 is 0. The first-order valence-electron chi connectivity index (χ1n) is 11.1. The summed E-state index contributed by atoms with van der Waals surface area (Å²) in [6.07, 6.45) is 5.34. The highest BCUT2D eigenvalue weighted by Gasteiger charge is 2.36. The van der Waals surface area contributed by atoms with Crippen LogP contribution in [-0.4, -0.2) is 32.0 Å². The van der Waals surface area contributed by atoms with Crippen LogP contribution in [0, 0.1) is 5.82 Å². The highest BCUT2D eigenvalue weighted by molar-refractivity contribution is 6.08. The summed E-state index contributed by atoms with van der Waals surface area (Å²) in [6, 6.07) is 15.4. The van der Waals surface area contributed by atoms with Crippen molar-refractivity contribution in [2.45, 2.75) is 37.8 Å². The molecular formula is C26H28FN3O3. The van der Waals surface area contributed by atoms with Crippen molar-refractivity contribution in [3.05, 3.63) is 84.1 Å². The van der Waals surface area contributed by atoms with Gasteiger partial charge in [-0.1, -0.05) is 31.0 Å². The predicted molar refractivity (Wildman–Crippen MR) is 126 cm³/mol. The Morgan fingerprint density at radius 2 is 1.73 bits per heavy atom. The van der Waals surface area contributed by atoms with Crippen LogP contribution in [0.5, 0.6) is 0 Å². The molecule has 2 amide bonds. The molecule has 1 saturated carbocycles. The third-order valence-corrected chi connectivity index (χ3v) is 5.97. The monoisotopic (exact) mass is 449 g/mol. The summed E-state index contributed by atoms with van der Waals surface area (Å²) < 4.78 is 19.6. The second kappa shape index (κ2) is 9.90. The van der Waals surface area contributed by atoms with Gasteiger partial charge in [-0.3, -0.25) is 14.5 Å². The number of carbonyl (C=O) groups is 2. The largest absolute Gasteiger partial charge is 0.459 e. The predicted octanol–water partition coefficient (Wildman–Crippen LogP) is 4.93. The molecule has 172 valence electrons. The second-order valence-electron chi connectivity index (χ2n) is 8.51. The quantitative estimate of drug-likeness (QED) is 0.555. The van der Waals surface area contributed by atoms with Crippen molar-refractivity contribution in [3.8, 4) is 0 Å². The molecule has 1 aliphatic rings. The smallest absolute Gasteiger partial charge is 0.294 e. The number of halogens is 1. The summed E-state index contributed by atoms with van der Waals surface area (Å²) in [5.41, 5.74) is 1.86. The Labute approximate surface area is 193 Å². The number of nitrogens with zero attached hydrogens (tertiary/aromatic N) is 2. The van der Waals surface area contributed by atoms with Crippen molar-refractivity contribution >= 4 is 23.2 Å². The van der Waals surface area contributed by atoms with E-state index in [2.05, 4.69) is 5.32 Å². The van der Waals surface area contributed by atoms with E-state index in [1.165, 1.54) is 35.4 Å². The molecule has 1 heterocycles. The van der Waals surface area contributed by atoms with E-state index in [1.54, 1.807) is 12.1 Å². The fourth-order valence-electron chi connectivity index (χ4n) is 4.25. The topological polar surface area (TPSA) is 65.8 Å². The minimum Gasteiger partial charge on any atom is -0.459 e. The van der Waals surface area contributed by atoms with Crippen molar-refractivity contribution in [2.24, 2.45) is 0 Å². The number of anilines is 2. The molecule has 0 unspecified atom stereocenters. The van der Waals surface area contributed by atoms with Gasteiger partial charge >= 0.3 is 0 Å². The maximum Gasteiger partial charge on any atom is 0.294 e. The zero-order valence-electron chi connectivity index (χ0n) is 18.8. The molecular weight excluding hydrogens is 421 g/mol. The maximum absolute atomic E-state index is 14.2. The first kappa shape index (κ1) is 22.6. The highest BCUT2D eigenvalue weighted by atomic mass is 19.1. The fraction of sp³-hybridized carbons (Fsp3) is 0.308. The number of amides is 2. The SMILES string of the molecule is CN(C)c1ccc([C@@H](C(=O)NC2CCCC2)N(C(=O)c2ccco2)c2cccc(F)c2)cc1. The lowest BCUT2D eigenvalue weighted by Gasteiger charge is -2.32. The summed E-state index contributed by atoms with van der Waals surface area (Å²) in [6.45, 7) is 0. The molecule has 0 spiro atoms. The first-order valence-corrected chi connectivity index (χ1v) is 11.1. The van der Waals surface area contributed by atoms with Crippen LogP contribution < -0.4 is 15.1 Å². The molecule has 1 N–H and O–H groups in total. The number of hydrogen-bond acceptors (Lipinski definition) is 4. The highest BCUT2D eigenvalue weighted by Crippen LogP contribution is 2.32. The number of furan rings is 1. The Bertz CT molecular complexity index is 1090. The van der Waals surface area contributed by atoms with Crippen LogP contribution in [0.25, 0.3) is 0 Å². The molecule has 0 radical (unpaired) electrons. The van der Waals surface area contributed by atoms with Gasteiger partial charge in [-0.15, -0.1) is 0 Å². The van der Waals surface area contributed by atoms with Gasteiger partial charge in [0.05, 0.1) is 6.26 Å². The summed E-state index contributed by atoms with van der Waals surface area (Å²) in [4.78, 5) is 30.5. The molecule has 6 nitrogen and oxygen atoms in total. The molecule has 1 fully saturated rings. The van der Waals surface area contributed by atoms with E-state index in [1.807, 2.05) is 43.3 Å². The first-order chi connectivity index (χ1) is 15.9. The summed E-state index contributed by atoms with van der Waals surface area (Å²) in [5.74, 6) is -1.25. The Morgan fingerprint density at radius 3 is 2.33 bits per heavy atom. The van der Waals surface area contributed by atoms with Gasteiger partial charge < -0.3 is 14.6 Å². The summed E-state index contributed by atoms with van der Waals surface area (Å²) in [5, 5.41) is 3.11. The average molecular weight is 450 g/mol. The molecule has 4 rings (SSSR count). The van der Waals surface area contributed by atoms with Gasteiger partial charge in [-0.25, -0.2) is 4.39 Å². The normalized spacial score (nSPS) is 14.6. The lowest BCUT2D eigenvalue weighted by atomic mass is 10.0. The van der Waals surface area contributed by atoms with Crippen molar-refractivity contribution in [1.29, 1.82) is 0 Å². The van der Waals surface area contributed by atoms with Crippen molar-refractivity contribution < 1.29 is 18.4 Å². The van der Waals surface area contributed by atoms with Gasteiger partial charge in [0.1, 0.15) is 11.9 Å². The molecule has 33 heavy (non-hydrogen) atoms. The van der Waals surface area contributed by atoms with Crippen molar-refractivity contribution in [3.63, 3.8) is 0 Å². The van der Waals surface area contributed by atoms with Crippen LogP contribution in [-0.2, 0) is 4.79 Å². The zero-order chi connectivity index (χ0) is 23.4. The molecule has 3 aromatic rings. The van der Waals surface area contributed by atoms with Crippen LogP contribution >= 0.6 is 0 Å². The third kappa shape index (κ3) is 5.08. The Morgan fingerprint density at radius 1 is 1.00 bits per heavy atom. The molecule has 1 atom stereocenters. The van der Waals surface area contributed by atoms with Crippen LogP contribution in [0.3, 0.4) is 0 Å². The van der Waals surface area contributed by atoms with Crippen molar-refractivity contribution in [2.75, 3.05) is 23.9 Å². The van der Waals surface area contributed by atoms with Gasteiger partial charge in [-0.05, 0) is 60.9 Å². The van der Waals surface area contributed by atoms with E-state index in [9.17, 15) is 14.0 Å². The molecule has 1 aromatic heterocycles. The van der Waals surface area contributed by atoms with E-state index in [4.69, 9.17) is 4.42 Å². The van der Waals surface area contributed by atoms with E-state index >= 15 is 0 Å². The van der Waals surface area contributed by atoms with Crippen LogP contribution in [0.1, 0.15) is 47.8 Å². The van der Waals surface area contributed by atoms with Gasteiger partial charge in [-0.2, -0.15) is 0 Å². The Balaban J connectivity index is 1.80. The van der Waals surface area contributed by atoms with E-state index in [-0.39, 0.29) is 23.4 Å². The standard InChI is InChI=1S/C26H28FN3O3/c1-29(2)21-14-12-18(13-15-21)24(25(31)28-20-8-3-4-9-20)30(22-10-5-7-19(27)17-22)26(32)23-11-6-16-33-23/h5-7,10-17,20,24H,3-4,8-9H2,1-2H3,(H,28,31)/t24-/m0/s1.